The van der Waals surface area contributed by atoms with E-state index in [4.69, 9.17) is 5.73 Å². The van der Waals surface area contributed by atoms with Crippen molar-refractivity contribution >= 4 is 5.91 Å². The molecular weight excluding hydrogens is 231 g/mol. The van der Waals surface area contributed by atoms with Crippen LogP contribution in [0.1, 0.15) is 31.2 Å². The van der Waals surface area contributed by atoms with Crippen molar-refractivity contribution in [3.05, 3.63) is 35.6 Å². The second-order valence-corrected chi connectivity index (χ2v) is 4.93. The van der Waals surface area contributed by atoms with Crippen molar-refractivity contribution in [2.75, 3.05) is 0 Å². The molecule has 18 heavy (non-hydrogen) atoms. The largest absolute Gasteiger partial charge is 0.352 e. The number of benzene rings is 1. The van der Waals surface area contributed by atoms with Gasteiger partial charge >= 0.3 is 0 Å². The molecule has 1 aliphatic rings. The Morgan fingerprint density at radius 1 is 1.39 bits per heavy atom. The fourth-order valence-electron chi connectivity index (χ4n) is 2.43. The Hall–Kier alpha value is -1.42. The van der Waals surface area contributed by atoms with Gasteiger partial charge in [0.2, 0.25) is 5.91 Å². The monoisotopic (exact) mass is 250 g/mol. The molecule has 98 valence electrons. The molecule has 3 N–H and O–H groups in total. The van der Waals surface area contributed by atoms with Crippen LogP contribution in [0.4, 0.5) is 4.39 Å². The van der Waals surface area contributed by atoms with Gasteiger partial charge in [-0.3, -0.25) is 4.79 Å². The first-order valence-electron chi connectivity index (χ1n) is 6.43. The molecule has 1 aliphatic carbocycles. The minimum Gasteiger partial charge on any atom is -0.352 e. The van der Waals surface area contributed by atoms with E-state index in [0.717, 1.165) is 25.7 Å². The van der Waals surface area contributed by atoms with Gasteiger partial charge in [-0.1, -0.05) is 24.6 Å². The Morgan fingerprint density at radius 3 is 2.89 bits per heavy atom. The highest BCUT2D eigenvalue weighted by atomic mass is 19.1. The van der Waals surface area contributed by atoms with Gasteiger partial charge in [-0.05, 0) is 25.3 Å². The summed E-state index contributed by atoms with van der Waals surface area (Å²) in [6.45, 7) is 0.247. The van der Waals surface area contributed by atoms with Gasteiger partial charge in [0.15, 0.2) is 0 Å². The van der Waals surface area contributed by atoms with Gasteiger partial charge in [-0.25, -0.2) is 4.39 Å². The van der Waals surface area contributed by atoms with Gasteiger partial charge in [-0.2, -0.15) is 0 Å². The van der Waals surface area contributed by atoms with Crippen LogP contribution >= 0.6 is 0 Å². The number of hydrogen-bond acceptors (Lipinski definition) is 2. The number of nitrogens with two attached hydrogens (primary N) is 1. The first kappa shape index (κ1) is 13.0. The van der Waals surface area contributed by atoms with Crippen molar-refractivity contribution in [1.82, 2.24) is 5.32 Å². The number of carbonyl (C=O) groups excluding carboxylic acids is 1. The van der Waals surface area contributed by atoms with Crippen LogP contribution in [0.25, 0.3) is 0 Å². The first-order valence-corrected chi connectivity index (χ1v) is 6.43. The van der Waals surface area contributed by atoms with Crippen molar-refractivity contribution in [2.24, 2.45) is 11.7 Å². The summed E-state index contributed by atoms with van der Waals surface area (Å²) in [4.78, 5) is 11.9. The molecule has 2 rings (SSSR count). The lowest BCUT2D eigenvalue weighted by Crippen LogP contribution is -2.37. The third-order valence-corrected chi connectivity index (χ3v) is 3.50. The van der Waals surface area contributed by atoms with Gasteiger partial charge in [0.1, 0.15) is 5.82 Å². The Balaban J connectivity index is 1.86. The normalized spacial score (nSPS) is 23.7. The van der Waals surface area contributed by atoms with Crippen LogP contribution in [0.15, 0.2) is 24.3 Å². The van der Waals surface area contributed by atoms with E-state index in [0.29, 0.717) is 5.56 Å². The van der Waals surface area contributed by atoms with Crippen LogP contribution < -0.4 is 11.1 Å². The molecule has 1 aromatic carbocycles. The molecule has 0 spiro atoms. The Bertz CT molecular complexity index is 422. The second-order valence-electron chi connectivity index (χ2n) is 4.93. The number of halogens is 1. The topological polar surface area (TPSA) is 55.1 Å². The third kappa shape index (κ3) is 3.29. The fourth-order valence-corrected chi connectivity index (χ4v) is 2.43. The molecule has 4 heteroatoms. The summed E-state index contributed by atoms with van der Waals surface area (Å²) in [5.41, 5.74) is 6.37. The standard InChI is InChI=1S/C14H19FN2O/c15-13-7-2-1-4-11(13)9-17-14(18)10-5-3-6-12(16)8-10/h1-2,4,7,10,12H,3,5-6,8-9,16H2,(H,17,18). The molecule has 0 aromatic heterocycles. The van der Waals surface area contributed by atoms with Gasteiger partial charge in [-0.15, -0.1) is 0 Å². The van der Waals surface area contributed by atoms with Crippen LogP contribution in [-0.2, 0) is 11.3 Å². The van der Waals surface area contributed by atoms with E-state index in [-0.39, 0.29) is 30.2 Å². The van der Waals surface area contributed by atoms with E-state index >= 15 is 0 Å². The zero-order valence-corrected chi connectivity index (χ0v) is 10.4. The molecule has 0 saturated heterocycles. The minimum absolute atomic E-state index is 0.00611. The summed E-state index contributed by atoms with van der Waals surface area (Å²) in [5.74, 6) is -0.299. The molecule has 0 aliphatic heterocycles. The molecule has 2 atom stereocenters. The van der Waals surface area contributed by atoms with Crippen LogP contribution in [-0.4, -0.2) is 11.9 Å². The highest BCUT2D eigenvalue weighted by Crippen LogP contribution is 2.23. The predicted molar refractivity (Wildman–Crippen MR) is 68.2 cm³/mol. The summed E-state index contributed by atoms with van der Waals surface area (Å²) in [6, 6.07) is 6.62. The minimum atomic E-state index is -0.279. The van der Waals surface area contributed by atoms with Crippen molar-refractivity contribution in [3.63, 3.8) is 0 Å². The van der Waals surface area contributed by atoms with Gasteiger partial charge in [0.25, 0.3) is 0 Å². The summed E-state index contributed by atoms with van der Waals surface area (Å²) < 4.78 is 13.4. The quantitative estimate of drug-likeness (QED) is 0.861. The summed E-state index contributed by atoms with van der Waals surface area (Å²) >= 11 is 0. The maximum atomic E-state index is 13.4. The molecule has 0 heterocycles. The van der Waals surface area contributed by atoms with E-state index in [2.05, 4.69) is 5.32 Å². The van der Waals surface area contributed by atoms with Crippen LogP contribution in [0.3, 0.4) is 0 Å². The molecule has 1 amide bonds. The van der Waals surface area contributed by atoms with E-state index in [1.807, 2.05) is 0 Å². The first-order chi connectivity index (χ1) is 8.66. The molecule has 1 aromatic rings. The van der Waals surface area contributed by atoms with Crippen LogP contribution in [0, 0.1) is 11.7 Å². The maximum Gasteiger partial charge on any atom is 0.223 e. The van der Waals surface area contributed by atoms with E-state index in [9.17, 15) is 9.18 Å². The lowest BCUT2D eigenvalue weighted by Gasteiger charge is -2.25. The summed E-state index contributed by atoms with van der Waals surface area (Å²) in [5, 5.41) is 2.80. The smallest absolute Gasteiger partial charge is 0.223 e. The molecule has 3 nitrogen and oxygen atoms in total. The van der Waals surface area contributed by atoms with E-state index in [1.165, 1.54) is 6.07 Å². The van der Waals surface area contributed by atoms with Gasteiger partial charge in [0, 0.05) is 24.1 Å². The number of carbonyl (C=O) groups is 1. The Morgan fingerprint density at radius 2 is 2.17 bits per heavy atom. The Kier molecular flexibility index (Phi) is 4.31. The van der Waals surface area contributed by atoms with Crippen molar-refractivity contribution in [3.8, 4) is 0 Å². The fraction of sp³-hybridized carbons (Fsp3) is 0.500. The second kappa shape index (κ2) is 5.96. The maximum absolute atomic E-state index is 13.4. The Labute approximate surface area is 107 Å². The number of amides is 1. The predicted octanol–water partition coefficient (Wildman–Crippen LogP) is 1.96. The van der Waals surface area contributed by atoms with Gasteiger partial charge < -0.3 is 11.1 Å². The molecule has 0 bridgehead atoms. The molecule has 2 unspecified atom stereocenters. The van der Waals surface area contributed by atoms with Crippen molar-refractivity contribution in [1.29, 1.82) is 0 Å². The summed E-state index contributed by atoms with van der Waals surface area (Å²) in [7, 11) is 0. The van der Waals surface area contributed by atoms with Crippen LogP contribution in [0.5, 0.6) is 0 Å². The molecule has 1 saturated carbocycles. The lowest BCUT2D eigenvalue weighted by molar-refractivity contribution is -0.126. The number of nitrogens with one attached hydrogen (secondary N) is 1. The average Bonchev–Trinajstić information content (AvgIpc) is 2.37. The van der Waals surface area contributed by atoms with E-state index < -0.39 is 0 Å². The molecule has 0 radical (unpaired) electrons. The van der Waals surface area contributed by atoms with Crippen LogP contribution in [0.2, 0.25) is 0 Å². The average molecular weight is 250 g/mol. The van der Waals surface area contributed by atoms with E-state index in [1.54, 1.807) is 18.2 Å². The lowest BCUT2D eigenvalue weighted by atomic mass is 9.85. The zero-order chi connectivity index (χ0) is 13.0. The summed E-state index contributed by atoms with van der Waals surface area (Å²) in [6.07, 6.45) is 3.62. The third-order valence-electron chi connectivity index (χ3n) is 3.50. The zero-order valence-electron chi connectivity index (χ0n) is 10.4. The van der Waals surface area contributed by atoms with Crippen molar-refractivity contribution in [2.45, 2.75) is 38.3 Å². The number of rotatable bonds is 3. The number of hydrogen-bond donors (Lipinski definition) is 2. The highest BCUT2D eigenvalue weighted by Gasteiger charge is 2.25. The van der Waals surface area contributed by atoms with Gasteiger partial charge in [0.05, 0.1) is 0 Å². The SMILES string of the molecule is NC1CCCC(C(=O)NCc2ccccc2F)C1. The molecule has 1 fully saturated rings. The molecular formula is C14H19FN2O. The van der Waals surface area contributed by atoms with Crippen molar-refractivity contribution < 1.29 is 9.18 Å². The highest BCUT2D eigenvalue weighted by molar-refractivity contribution is 5.78.